The Morgan fingerprint density at radius 1 is 1.61 bits per heavy atom. The number of carbonyl (C=O) groups is 2. The molecule has 6 heteroatoms. The second-order valence-electron chi connectivity index (χ2n) is 4.11. The van der Waals surface area contributed by atoms with Gasteiger partial charge in [-0.3, -0.25) is 9.59 Å². The van der Waals surface area contributed by atoms with Gasteiger partial charge in [0.05, 0.1) is 11.8 Å². The average molecular weight is 250 g/mol. The van der Waals surface area contributed by atoms with Gasteiger partial charge in [-0.15, -0.1) is 0 Å². The number of amides is 2. The van der Waals surface area contributed by atoms with Crippen molar-refractivity contribution in [1.29, 1.82) is 0 Å². The Balaban J connectivity index is 2.13. The van der Waals surface area contributed by atoms with Crippen molar-refractivity contribution in [3.8, 4) is 5.75 Å². The van der Waals surface area contributed by atoms with Crippen LogP contribution in [0.4, 0.5) is 5.69 Å². The topological polar surface area (TPSA) is 87.7 Å². The van der Waals surface area contributed by atoms with Gasteiger partial charge < -0.3 is 20.5 Å². The van der Waals surface area contributed by atoms with E-state index in [-0.39, 0.29) is 25.0 Å². The highest BCUT2D eigenvalue weighted by atomic mass is 16.5. The van der Waals surface area contributed by atoms with Crippen LogP contribution in [0.5, 0.6) is 5.75 Å². The number of benzene rings is 1. The van der Waals surface area contributed by atoms with E-state index in [1.165, 1.54) is 0 Å². The molecule has 1 aromatic carbocycles. The number of anilines is 1. The van der Waals surface area contributed by atoms with Gasteiger partial charge in [0.25, 0.3) is 11.8 Å². The third-order valence-electron chi connectivity index (χ3n) is 2.43. The molecule has 0 saturated heterocycles. The number of ether oxygens (including phenoxy) is 1. The lowest BCUT2D eigenvalue weighted by atomic mass is 10.1. The fraction of sp³-hybridized carbons (Fsp3) is 0.333. The summed E-state index contributed by atoms with van der Waals surface area (Å²) in [6.07, 6.45) is -0.602. The van der Waals surface area contributed by atoms with Gasteiger partial charge in [-0.1, -0.05) is 0 Å². The monoisotopic (exact) mass is 250 g/mol. The standard InChI is InChI=1S/C12H14N2O4/c1-7(15)5-13-12(17)8-2-3-10-9(4-8)14-11(16)6-18-10/h2-4,7,15H,5-6H2,1H3,(H,13,17)(H,14,16)/t7-/m0/s1. The fourth-order valence-electron chi connectivity index (χ4n) is 1.57. The van der Waals surface area contributed by atoms with Crippen molar-refractivity contribution in [3.05, 3.63) is 23.8 Å². The maximum absolute atomic E-state index is 11.7. The molecule has 1 aliphatic rings. The number of hydrogen-bond donors (Lipinski definition) is 3. The van der Waals surface area contributed by atoms with Gasteiger partial charge in [-0.25, -0.2) is 0 Å². The predicted molar refractivity (Wildman–Crippen MR) is 64.6 cm³/mol. The molecule has 1 aromatic rings. The number of fused-ring (bicyclic) bond motifs is 1. The first-order valence-electron chi connectivity index (χ1n) is 5.59. The lowest BCUT2D eigenvalue weighted by Crippen LogP contribution is -2.31. The minimum Gasteiger partial charge on any atom is -0.482 e. The maximum atomic E-state index is 11.7. The van der Waals surface area contributed by atoms with E-state index in [1.54, 1.807) is 25.1 Å². The number of nitrogens with one attached hydrogen (secondary N) is 2. The molecule has 2 amide bonds. The quantitative estimate of drug-likeness (QED) is 0.711. The molecule has 18 heavy (non-hydrogen) atoms. The zero-order chi connectivity index (χ0) is 13.1. The van der Waals surface area contributed by atoms with Crippen LogP contribution in [0.25, 0.3) is 0 Å². The molecule has 0 radical (unpaired) electrons. The van der Waals surface area contributed by atoms with Crippen molar-refractivity contribution in [2.45, 2.75) is 13.0 Å². The molecule has 0 fully saturated rings. The zero-order valence-electron chi connectivity index (χ0n) is 9.90. The Labute approximate surface area is 104 Å². The lowest BCUT2D eigenvalue weighted by molar-refractivity contribution is -0.118. The number of aliphatic hydroxyl groups is 1. The van der Waals surface area contributed by atoms with Crippen molar-refractivity contribution in [2.24, 2.45) is 0 Å². The molecule has 1 heterocycles. The van der Waals surface area contributed by atoms with E-state index < -0.39 is 6.10 Å². The normalized spacial score (nSPS) is 15.1. The van der Waals surface area contributed by atoms with Crippen LogP contribution in [-0.4, -0.2) is 36.2 Å². The van der Waals surface area contributed by atoms with Gasteiger partial charge in [-0.05, 0) is 25.1 Å². The van der Waals surface area contributed by atoms with E-state index in [4.69, 9.17) is 9.84 Å². The van der Waals surface area contributed by atoms with Crippen LogP contribution in [0.2, 0.25) is 0 Å². The van der Waals surface area contributed by atoms with Crippen molar-refractivity contribution in [2.75, 3.05) is 18.5 Å². The molecule has 0 spiro atoms. The first-order valence-corrected chi connectivity index (χ1v) is 5.59. The highest BCUT2D eigenvalue weighted by Gasteiger charge is 2.17. The number of aliphatic hydroxyl groups excluding tert-OH is 1. The molecule has 96 valence electrons. The zero-order valence-corrected chi connectivity index (χ0v) is 9.90. The Morgan fingerprint density at radius 2 is 2.39 bits per heavy atom. The van der Waals surface area contributed by atoms with Gasteiger partial charge in [-0.2, -0.15) is 0 Å². The Morgan fingerprint density at radius 3 is 3.11 bits per heavy atom. The van der Waals surface area contributed by atoms with Gasteiger partial charge >= 0.3 is 0 Å². The van der Waals surface area contributed by atoms with Crippen LogP contribution in [0, 0.1) is 0 Å². The molecule has 6 nitrogen and oxygen atoms in total. The molecule has 3 N–H and O–H groups in total. The molecular weight excluding hydrogens is 236 g/mol. The average Bonchev–Trinajstić information content (AvgIpc) is 2.34. The highest BCUT2D eigenvalue weighted by molar-refractivity contribution is 5.99. The summed E-state index contributed by atoms with van der Waals surface area (Å²) in [5, 5.41) is 14.3. The van der Waals surface area contributed by atoms with E-state index in [1.807, 2.05) is 0 Å². The number of hydrogen-bond acceptors (Lipinski definition) is 4. The maximum Gasteiger partial charge on any atom is 0.262 e. The van der Waals surface area contributed by atoms with Gasteiger partial charge in [0, 0.05) is 12.1 Å². The summed E-state index contributed by atoms with van der Waals surface area (Å²) in [4.78, 5) is 22.9. The SMILES string of the molecule is C[C@H](O)CNC(=O)c1ccc2c(c1)NC(=O)CO2. The van der Waals surface area contributed by atoms with Crippen LogP contribution in [0.15, 0.2) is 18.2 Å². The molecule has 1 atom stereocenters. The van der Waals surface area contributed by atoms with Gasteiger partial charge in [0.15, 0.2) is 6.61 Å². The van der Waals surface area contributed by atoms with Crippen molar-refractivity contribution in [3.63, 3.8) is 0 Å². The molecule has 0 aromatic heterocycles. The van der Waals surface area contributed by atoms with Crippen molar-refractivity contribution < 1.29 is 19.4 Å². The van der Waals surface area contributed by atoms with Crippen LogP contribution in [-0.2, 0) is 4.79 Å². The van der Waals surface area contributed by atoms with Crippen molar-refractivity contribution in [1.82, 2.24) is 5.32 Å². The molecular formula is C12H14N2O4. The third kappa shape index (κ3) is 2.78. The summed E-state index contributed by atoms with van der Waals surface area (Å²) in [6.45, 7) is 1.75. The van der Waals surface area contributed by atoms with Crippen LogP contribution < -0.4 is 15.4 Å². The van der Waals surface area contributed by atoms with Crippen molar-refractivity contribution >= 4 is 17.5 Å². The Hall–Kier alpha value is -2.08. The van der Waals surface area contributed by atoms with E-state index in [9.17, 15) is 9.59 Å². The Bertz CT molecular complexity index is 485. The second-order valence-corrected chi connectivity index (χ2v) is 4.11. The van der Waals surface area contributed by atoms with E-state index in [0.29, 0.717) is 17.0 Å². The molecule has 1 aliphatic heterocycles. The minimum absolute atomic E-state index is 0.0133. The first kappa shape index (κ1) is 12.4. The fourth-order valence-corrected chi connectivity index (χ4v) is 1.57. The molecule has 2 rings (SSSR count). The van der Waals surface area contributed by atoms with Gasteiger partial charge in [0.2, 0.25) is 0 Å². The van der Waals surface area contributed by atoms with Crippen LogP contribution in [0.1, 0.15) is 17.3 Å². The first-order chi connectivity index (χ1) is 8.56. The summed E-state index contributed by atoms with van der Waals surface area (Å²) < 4.78 is 5.18. The Kier molecular flexibility index (Phi) is 3.47. The second kappa shape index (κ2) is 5.05. The third-order valence-corrected chi connectivity index (χ3v) is 2.43. The molecule has 0 bridgehead atoms. The van der Waals surface area contributed by atoms with E-state index in [2.05, 4.69) is 10.6 Å². The molecule has 0 saturated carbocycles. The highest BCUT2D eigenvalue weighted by Crippen LogP contribution is 2.28. The summed E-state index contributed by atoms with van der Waals surface area (Å²) in [7, 11) is 0. The summed E-state index contributed by atoms with van der Waals surface area (Å²) in [5.41, 5.74) is 0.885. The minimum atomic E-state index is -0.602. The lowest BCUT2D eigenvalue weighted by Gasteiger charge is -2.18. The smallest absolute Gasteiger partial charge is 0.262 e. The van der Waals surface area contributed by atoms with E-state index >= 15 is 0 Å². The molecule has 0 aliphatic carbocycles. The number of rotatable bonds is 3. The van der Waals surface area contributed by atoms with Crippen LogP contribution >= 0.6 is 0 Å². The molecule has 0 unspecified atom stereocenters. The predicted octanol–water partition coefficient (Wildman–Crippen LogP) is 0.128. The van der Waals surface area contributed by atoms with Gasteiger partial charge in [0.1, 0.15) is 5.75 Å². The summed E-state index contributed by atoms with van der Waals surface area (Å²) in [5.74, 6) is -0.00997. The van der Waals surface area contributed by atoms with E-state index in [0.717, 1.165) is 0 Å². The summed E-state index contributed by atoms with van der Waals surface area (Å²) >= 11 is 0. The van der Waals surface area contributed by atoms with Crippen LogP contribution in [0.3, 0.4) is 0 Å². The number of carbonyl (C=O) groups excluding carboxylic acids is 2. The summed E-state index contributed by atoms with van der Waals surface area (Å²) in [6, 6.07) is 4.78. The largest absolute Gasteiger partial charge is 0.482 e.